The van der Waals surface area contributed by atoms with E-state index in [1.165, 1.54) is 32.0 Å². The van der Waals surface area contributed by atoms with E-state index < -0.39 is 5.92 Å². The second-order valence-electron chi connectivity index (χ2n) is 8.02. The molecule has 0 spiro atoms. The molecule has 174 valence electrons. The van der Waals surface area contributed by atoms with Crippen molar-refractivity contribution in [3.8, 4) is 39.7 Å². The molecule has 0 saturated heterocycles. The van der Waals surface area contributed by atoms with Gasteiger partial charge in [-0.1, -0.05) is 49.4 Å². The van der Waals surface area contributed by atoms with Crippen molar-refractivity contribution in [1.82, 2.24) is 9.97 Å². The van der Waals surface area contributed by atoms with Gasteiger partial charge < -0.3 is 5.32 Å². The molecule has 0 unspecified atom stereocenters. The van der Waals surface area contributed by atoms with Crippen molar-refractivity contribution >= 4 is 11.6 Å². The summed E-state index contributed by atoms with van der Waals surface area (Å²) in [7, 11) is 0. The molecule has 0 bridgehead atoms. The van der Waals surface area contributed by atoms with E-state index in [0.717, 1.165) is 11.1 Å². The van der Waals surface area contributed by atoms with Gasteiger partial charge in [0.25, 0.3) is 5.92 Å². The van der Waals surface area contributed by atoms with Gasteiger partial charge in [0.15, 0.2) is 0 Å². The molecular formula is C28H22F2N4O. The number of halogens is 2. The minimum Gasteiger partial charge on any atom is -0.326 e. The monoisotopic (exact) mass is 468 g/mol. The van der Waals surface area contributed by atoms with Crippen LogP contribution in [0.2, 0.25) is 0 Å². The van der Waals surface area contributed by atoms with Gasteiger partial charge in [-0.3, -0.25) is 14.8 Å². The van der Waals surface area contributed by atoms with Crippen molar-refractivity contribution in [2.45, 2.75) is 26.2 Å². The normalized spacial score (nSPS) is 11.1. The third-order valence-electron chi connectivity index (χ3n) is 5.65. The maximum absolute atomic E-state index is 14.4. The molecule has 4 aromatic rings. The molecular weight excluding hydrogens is 446 g/mol. The number of nitriles is 1. The Kier molecular flexibility index (Phi) is 6.65. The lowest BCUT2D eigenvalue weighted by atomic mass is 9.95. The number of anilines is 1. The van der Waals surface area contributed by atoms with Gasteiger partial charge in [-0.25, -0.2) is 8.78 Å². The highest BCUT2D eigenvalue weighted by molar-refractivity contribution is 5.94. The van der Waals surface area contributed by atoms with Crippen molar-refractivity contribution in [3.05, 3.63) is 90.3 Å². The van der Waals surface area contributed by atoms with Gasteiger partial charge in [-0.15, -0.1) is 0 Å². The van der Waals surface area contributed by atoms with Crippen LogP contribution in [-0.4, -0.2) is 15.9 Å². The number of carbonyl (C=O) groups excluding carboxylic acids is 1. The Balaban J connectivity index is 1.76. The lowest BCUT2D eigenvalue weighted by Gasteiger charge is -2.18. The SMILES string of the molecule is CCC(F)(F)c1ccc(NC(C)=O)c(-c2ccc(-c3nccnc3-c3ccc(C#N)cc3)cc2)c1. The van der Waals surface area contributed by atoms with Crippen LogP contribution in [0.15, 0.2) is 79.1 Å². The van der Waals surface area contributed by atoms with Gasteiger partial charge in [0.05, 0.1) is 23.0 Å². The van der Waals surface area contributed by atoms with E-state index in [1.54, 1.807) is 36.7 Å². The maximum atomic E-state index is 14.4. The molecule has 0 aliphatic rings. The molecule has 3 aromatic carbocycles. The van der Waals surface area contributed by atoms with Gasteiger partial charge in [-0.05, 0) is 29.8 Å². The first-order valence-corrected chi connectivity index (χ1v) is 11.0. The van der Waals surface area contributed by atoms with E-state index in [9.17, 15) is 13.6 Å². The van der Waals surface area contributed by atoms with Crippen LogP contribution >= 0.6 is 0 Å². The smallest absolute Gasteiger partial charge is 0.273 e. The van der Waals surface area contributed by atoms with Crippen molar-refractivity contribution < 1.29 is 13.6 Å². The lowest BCUT2D eigenvalue weighted by molar-refractivity contribution is -0.114. The van der Waals surface area contributed by atoms with Gasteiger partial charge in [0, 0.05) is 53.7 Å². The van der Waals surface area contributed by atoms with Crippen LogP contribution in [0, 0.1) is 11.3 Å². The fraction of sp³-hybridized carbons (Fsp3) is 0.143. The average Bonchev–Trinajstić information content (AvgIpc) is 2.88. The van der Waals surface area contributed by atoms with Crippen LogP contribution in [-0.2, 0) is 10.7 Å². The van der Waals surface area contributed by atoms with Crippen molar-refractivity contribution in [2.75, 3.05) is 5.32 Å². The van der Waals surface area contributed by atoms with E-state index in [0.29, 0.717) is 33.8 Å². The van der Waals surface area contributed by atoms with Gasteiger partial charge in [0.2, 0.25) is 5.91 Å². The fourth-order valence-electron chi connectivity index (χ4n) is 3.78. The third-order valence-corrected chi connectivity index (χ3v) is 5.65. The molecule has 0 atom stereocenters. The van der Waals surface area contributed by atoms with Crippen LogP contribution < -0.4 is 5.32 Å². The zero-order chi connectivity index (χ0) is 25.0. The molecule has 0 aliphatic heterocycles. The Labute approximate surface area is 202 Å². The summed E-state index contributed by atoms with van der Waals surface area (Å²) >= 11 is 0. The number of nitrogens with zero attached hydrogens (tertiary/aromatic N) is 3. The Hall–Kier alpha value is -4.44. The van der Waals surface area contributed by atoms with Crippen LogP contribution in [0.4, 0.5) is 14.5 Å². The quantitative estimate of drug-likeness (QED) is 0.337. The molecule has 1 aromatic heterocycles. The number of hydrogen-bond donors (Lipinski definition) is 1. The highest BCUT2D eigenvalue weighted by atomic mass is 19.3. The number of benzene rings is 3. The van der Waals surface area contributed by atoms with Crippen molar-refractivity contribution in [3.63, 3.8) is 0 Å². The molecule has 7 heteroatoms. The van der Waals surface area contributed by atoms with E-state index >= 15 is 0 Å². The summed E-state index contributed by atoms with van der Waals surface area (Å²) in [5.74, 6) is -3.26. The highest BCUT2D eigenvalue weighted by Crippen LogP contribution is 2.38. The second kappa shape index (κ2) is 9.82. The summed E-state index contributed by atoms with van der Waals surface area (Å²) < 4.78 is 28.8. The number of nitrogens with one attached hydrogen (secondary N) is 1. The van der Waals surface area contributed by atoms with Crippen molar-refractivity contribution in [1.29, 1.82) is 5.26 Å². The third kappa shape index (κ3) is 5.07. The summed E-state index contributed by atoms with van der Waals surface area (Å²) in [6.45, 7) is 2.81. The molecule has 5 nitrogen and oxygen atoms in total. The minimum atomic E-state index is -2.97. The van der Waals surface area contributed by atoms with Gasteiger partial charge >= 0.3 is 0 Å². The number of carbonyl (C=O) groups is 1. The molecule has 0 aliphatic carbocycles. The molecule has 0 saturated carbocycles. The minimum absolute atomic E-state index is 0.106. The van der Waals surface area contributed by atoms with Gasteiger partial charge in [0.1, 0.15) is 0 Å². The number of alkyl halides is 2. The van der Waals surface area contributed by atoms with Crippen molar-refractivity contribution in [2.24, 2.45) is 0 Å². The number of aromatic nitrogens is 2. The molecule has 1 N–H and O–H groups in total. The zero-order valence-electron chi connectivity index (χ0n) is 19.2. The Morgan fingerprint density at radius 2 is 1.46 bits per heavy atom. The largest absolute Gasteiger partial charge is 0.326 e. The van der Waals surface area contributed by atoms with E-state index in [1.807, 2.05) is 24.3 Å². The van der Waals surface area contributed by atoms with Crippen LogP contribution in [0.25, 0.3) is 33.6 Å². The predicted molar refractivity (Wildman–Crippen MR) is 132 cm³/mol. The van der Waals surface area contributed by atoms with Crippen LogP contribution in [0.3, 0.4) is 0 Å². The Bertz CT molecular complexity index is 1410. The fourth-order valence-corrected chi connectivity index (χ4v) is 3.78. The summed E-state index contributed by atoms with van der Waals surface area (Å²) in [6, 6.07) is 20.8. The van der Waals surface area contributed by atoms with Gasteiger partial charge in [-0.2, -0.15) is 5.26 Å². The number of amides is 1. The molecule has 1 amide bonds. The Morgan fingerprint density at radius 3 is 1.97 bits per heavy atom. The first kappa shape index (κ1) is 23.7. The van der Waals surface area contributed by atoms with E-state index in [4.69, 9.17) is 5.26 Å². The average molecular weight is 469 g/mol. The summed E-state index contributed by atoms with van der Waals surface area (Å²) in [5, 5.41) is 11.8. The highest BCUT2D eigenvalue weighted by Gasteiger charge is 2.29. The summed E-state index contributed by atoms with van der Waals surface area (Å²) in [5.41, 5.74) is 5.00. The number of rotatable bonds is 6. The molecule has 0 radical (unpaired) electrons. The molecule has 0 fully saturated rings. The second-order valence-corrected chi connectivity index (χ2v) is 8.02. The molecule has 4 rings (SSSR count). The maximum Gasteiger partial charge on any atom is 0.273 e. The van der Waals surface area contributed by atoms with Crippen LogP contribution in [0.5, 0.6) is 0 Å². The topological polar surface area (TPSA) is 78.7 Å². The summed E-state index contributed by atoms with van der Waals surface area (Å²) in [4.78, 5) is 20.7. The summed E-state index contributed by atoms with van der Waals surface area (Å²) in [6.07, 6.45) is 2.88. The van der Waals surface area contributed by atoms with Crippen LogP contribution in [0.1, 0.15) is 31.4 Å². The first-order valence-electron chi connectivity index (χ1n) is 11.0. The molecule has 35 heavy (non-hydrogen) atoms. The predicted octanol–water partition coefficient (Wildman–Crippen LogP) is 6.81. The number of hydrogen-bond acceptors (Lipinski definition) is 4. The lowest BCUT2D eigenvalue weighted by Crippen LogP contribution is -2.13. The Morgan fingerprint density at radius 1 is 0.914 bits per heavy atom. The zero-order valence-corrected chi connectivity index (χ0v) is 19.2. The molecule has 1 heterocycles. The standard InChI is InChI=1S/C28H22F2N4O/c1-3-28(29,30)23-12-13-25(34-18(2)35)24(16-23)20-8-10-22(11-9-20)27-26(32-14-15-33-27)21-6-4-19(17-31)5-7-21/h4-16H,3H2,1-2H3,(H,34,35). The van der Waals surface area contributed by atoms with E-state index in [2.05, 4.69) is 21.4 Å². The van der Waals surface area contributed by atoms with E-state index in [-0.39, 0.29) is 17.9 Å². The first-order chi connectivity index (χ1) is 16.8.